The zero-order valence-corrected chi connectivity index (χ0v) is 15.9. The number of hydrogen-bond donors (Lipinski definition) is 2. The van der Waals surface area contributed by atoms with Crippen LogP contribution in [-0.2, 0) is 9.59 Å². The molecule has 0 heterocycles. The molecule has 1 fully saturated rings. The molecule has 148 valence electrons. The van der Waals surface area contributed by atoms with E-state index >= 15 is 0 Å². The maximum Gasteiger partial charge on any atom is 0.329 e. The van der Waals surface area contributed by atoms with Gasteiger partial charge in [0.05, 0.1) is 20.8 Å². The van der Waals surface area contributed by atoms with E-state index in [1.165, 1.54) is 32.2 Å². The Morgan fingerprint density at radius 1 is 1.11 bits per heavy atom. The molecule has 0 aliphatic heterocycles. The van der Waals surface area contributed by atoms with E-state index in [9.17, 15) is 19.5 Å². The van der Waals surface area contributed by atoms with Crippen molar-refractivity contribution in [1.29, 1.82) is 0 Å². The summed E-state index contributed by atoms with van der Waals surface area (Å²) in [6.07, 6.45) is 3.35. The number of nitrogens with zero attached hydrogens (tertiary/aromatic N) is 1. The normalized spacial score (nSPS) is 15.5. The average molecular weight is 378 g/mol. The minimum Gasteiger partial charge on any atom is -0.493 e. The number of methoxy groups -OCH3 is 2. The number of carbonyl (C=O) groups is 3. The Labute approximate surface area is 158 Å². The van der Waals surface area contributed by atoms with Gasteiger partial charge in [-0.2, -0.15) is 0 Å². The summed E-state index contributed by atoms with van der Waals surface area (Å²) in [5.41, 5.74) is -0.877. The molecule has 0 unspecified atom stereocenters. The van der Waals surface area contributed by atoms with Crippen molar-refractivity contribution in [2.24, 2.45) is 0 Å². The first-order valence-electron chi connectivity index (χ1n) is 8.86. The van der Waals surface area contributed by atoms with Crippen molar-refractivity contribution in [2.75, 3.05) is 27.8 Å². The van der Waals surface area contributed by atoms with Gasteiger partial charge in [0.1, 0.15) is 5.54 Å². The van der Waals surface area contributed by atoms with Gasteiger partial charge < -0.3 is 24.8 Å². The first kappa shape index (κ1) is 20.5. The number of carboxylic acid groups (broad SMARTS) is 1. The Bertz CT molecular complexity index is 712. The molecule has 0 bridgehead atoms. The number of carboxylic acids is 1. The van der Waals surface area contributed by atoms with E-state index < -0.39 is 23.3 Å². The summed E-state index contributed by atoms with van der Waals surface area (Å²) in [5, 5.41) is 12.2. The van der Waals surface area contributed by atoms with Crippen LogP contribution in [0.2, 0.25) is 0 Å². The molecule has 1 aromatic rings. The lowest BCUT2D eigenvalue weighted by Gasteiger charge is -2.41. The first-order chi connectivity index (χ1) is 12.9. The van der Waals surface area contributed by atoms with Gasteiger partial charge in [-0.15, -0.1) is 0 Å². The van der Waals surface area contributed by atoms with Crippen molar-refractivity contribution in [3.63, 3.8) is 0 Å². The van der Waals surface area contributed by atoms with Crippen LogP contribution in [0.15, 0.2) is 18.2 Å². The van der Waals surface area contributed by atoms with Crippen LogP contribution < -0.4 is 14.8 Å². The number of hydrogen-bond acceptors (Lipinski definition) is 5. The van der Waals surface area contributed by atoms with Crippen LogP contribution >= 0.6 is 0 Å². The molecular formula is C19H26N2O6. The van der Waals surface area contributed by atoms with E-state index in [1.54, 1.807) is 12.1 Å². The van der Waals surface area contributed by atoms with Crippen molar-refractivity contribution >= 4 is 17.8 Å². The molecular weight excluding hydrogens is 352 g/mol. The predicted octanol–water partition coefficient (Wildman–Crippen LogP) is 1.68. The number of nitrogens with one attached hydrogen (secondary N) is 1. The smallest absolute Gasteiger partial charge is 0.329 e. The summed E-state index contributed by atoms with van der Waals surface area (Å²) in [6, 6.07) is 4.68. The second kappa shape index (κ2) is 8.75. The molecule has 0 saturated heterocycles. The number of carbonyl (C=O) groups excluding carboxylic acids is 2. The Morgan fingerprint density at radius 2 is 1.74 bits per heavy atom. The summed E-state index contributed by atoms with van der Waals surface area (Å²) >= 11 is 0. The summed E-state index contributed by atoms with van der Waals surface area (Å²) in [7, 11) is 4.45. The van der Waals surface area contributed by atoms with Gasteiger partial charge in [0, 0.05) is 12.6 Å². The molecule has 0 spiro atoms. The molecule has 8 nitrogen and oxygen atoms in total. The fourth-order valence-corrected chi connectivity index (χ4v) is 3.42. The lowest BCUT2D eigenvalue weighted by atomic mass is 9.80. The predicted molar refractivity (Wildman–Crippen MR) is 98.1 cm³/mol. The largest absolute Gasteiger partial charge is 0.493 e. The van der Waals surface area contributed by atoms with E-state index in [1.807, 2.05) is 0 Å². The van der Waals surface area contributed by atoms with Crippen molar-refractivity contribution in [3.05, 3.63) is 23.8 Å². The number of amides is 2. The van der Waals surface area contributed by atoms with Gasteiger partial charge in [-0.25, -0.2) is 4.79 Å². The number of likely N-dealkylation sites (N-methyl/N-ethyl adjacent to an activating group) is 1. The highest BCUT2D eigenvalue weighted by Gasteiger charge is 2.45. The number of rotatable bonds is 7. The standard InChI is InChI=1S/C19H26N2O6/c1-21(19(18(24)25)9-5-4-6-10-19)16(22)12-20-17(23)13-7-8-14(26-2)15(11-13)27-3/h7-8,11H,4-6,9-10,12H2,1-3H3,(H,20,23)(H,24,25). The molecule has 1 aliphatic carbocycles. The van der Waals surface area contributed by atoms with Crippen molar-refractivity contribution in [3.8, 4) is 11.5 Å². The average Bonchev–Trinajstić information content (AvgIpc) is 2.70. The third kappa shape index (κ3) is 4.32. The van der Waals surface area contributed by atoms with Crippen LogP contribution in [0.4, 0.5) is 0 Å². The Kier molecular flexibility index (Phi) is 6.65. The second-order valence-electron chi connectivity index (χ2n) is 6.60. The van der Waals surface area contributed by atoms with Crippen LogP contribution in [0.5, 0.6) is 11.5 Å². The molecule has 2 amide bonds. The van der Waals surface area contributed by atoms with Gasteiger partial charge in [0.25, 0.3) is 5.91 Å². The van der Waals surface area contributed by atoms with Crippen LogP contribution in [0, 0.1) is 0 Å². The molecule has 0 aromatic heterocycles. The molecule has 0 radical (unpaired) electrons. The molecule has 1 aromatic carbocycles. The number of ether oxygens (including phenoxy) is 2. The summed E-state index contributed by atoms with van der Waals surface area (Å²) in [5.74, 6) is -0.991. The maximum atomic E-state index is 12.5. The first-order valence-corrected chi connectivity index (χ1v) is 8.86. The third-order valence-electron chi connectivity index (χ3n) is 5.14. The Hall–Kier alpha value is -2.77. The fourth-order valence-electron chi connectivity index (χ4n) is 3.42. The highest BCUT2D eigenvalue weighted by Crippen LogP contribution is 2.33. The third-order valence-corrected chi connectivity index (χ3v) is 5.14. The molecule has 2 N–H and O–H groups in total. The molecule has 27 heavy (non-hydrogen) atoms. The van der Waals surface area contributed by atoms with Gasteiger partial charge in [0.2, 0.25) is 5.91 Å². The van der Waals surface area contributed by atoms with Crippen LogP contribution in [0.1, 0.15) is 42.5 Å². The van der Waals surface area contributed by atoms with Crippen LogP contribution in [0.3, 0.4) is 0 Å². The van der Waals surface area contributed by atoms with Crippen molar-refractivity contribution in [2.45, 2.75) is 37.6 Å². The zero-order valence-electron chi connectivity index (χ0n) is 15.9. The molecule has 2 rings (SSSR count). The lowest BCUT2D eigenvalue weighted by Crippen LogP contribution is -2.58. The van der Waals surface area contributed by atoms with E-state index in [0.29, 0.717) is 29.9 Å². The van der Waals surface area contributed by atoms with Crippen molar-refractivity contribution < 1.29 is 29.0 Å². The summed E-state index contributed by atoms with van der Waals surface area (Å²) in [6.45, 7) is -0.279. The van der Waals surface area contributed by atoms with E-state index in [4.69, 9.17) is 9.47 Å². The topological polar surface area (TPSA) is 105 Å². The minimum atomic E-state index is -1.19. The fraction of sp³-hybridized carbons (Fsp3) is 0.526. The van der Waals surface area contributed by atoms with Gasteiger partial charge >= 0.3 is 5.97 Å². The van der Waals surface area contributed by atoms with Gasteiger partial charge in [-0.3, -0.25) is 9.59 Å². The molecule has 0 atom stereocenters. The lowest BCUT2D eigenvalue weighted by molar-refractivity contribution is -0.159. The quantitative estimate of drug-likeness (QED) is 0.748. The SMILES string of the molecule is COc1ccc(C(=O)NCC(=O)N(C)C2(C(=O)O)CCCCC2)cc1OC. The maximum absolute atomic E-state index is 12.5. The highest BCUT2D eigenvalue weighted by atomic mass is 16.5. The van der Waals surface area contributed by atoms with Crippen LogP contribution in [-0.4, -0.2) is 61.1 Å². The molecule has 1 saturated carbocycles. The van der Waals surface area contributed by atoms with Crippen molar-refractivity contribution in [1.82, 2.24) is 10.2 Å². The van der Waals surface area contributed by atoms with Crippen LogP contribution in [0.25, 0.3) is 0 Å². The molecule has 1 aliphatic rings. The Balaban J connectivity index is 2.03. The second-order valence-corrected chi connectivity index (χ2v) is 6.60. The highest BCUT2D eigenvalue weighted by molar-refractivity contribution is 5.97. The minimum absolute atomic E-state index is 0.279. The number of aliphatic carboxylic acids is 1. The van der Waals surface area contributed by atoms with E-state index in [-0.39, 0.29) is 6.54 Å². The van der Waals surface area contributed by atoms with E-state index in [0.717, 1.165) is 19.3 Å². The Morgan fingerprint density at radius 3 is 2.30 bits per heavy atom. The van der Waals surface area contributed by atoms with E-state index in [2.05, 4.69) is 5.32 Å². The zero-order chi connectivity index (χ0) is 20.0. The van der Waals surface area contributed by atoms with Gasteiger partial charge in [-0.05, 0) is 31.0 Å². The van der Waals surface area contributed by atoms with Gasteiger partial charge in [-0.1, -0.05) is 19.3 Å². The number of benzene rings is 1. The monoisotopic (exact) mass is 378 g/mol. The van der Waals surface area contributed by atoms with Gasteiger partial charge in [0.15, 0.2) is 11.5 Å². The summed E-state index contributed by atoms with van der Waals surface area (Å²) < 4.78 is 10.3. The molecule has 8 heteroatoms. The summed E-state index contributed by atoms with van der Waals surface area (Å²) in [4.78, 5) is 37.9.